The summed E-state index contributed by atoms with van der Waals surface area (Å²) in [6.07, 6.45) is 0.237. The Balaban J connectivity index is 2.12. The van der Waals surface area contributed by atoms with Crippen LogP contribution in [0.1, 0.15) is 19.4 Å². The molecule has 0 aliphatic rings. The van der Waals surface area contributed by atoms with Crippen LogP contribution in [0.15, 0.2) is 54.6 Å². The van der Waals surface area contributed by atoms with Crippen molar-refractivity contribution in [2.75, 3.05) is 13.2 Å². The summed E-state index contributed by atoms with van der Waals surface area (Å²) in [4.78, 5) is 0. The van der Waals surface area contributed by atoms with Crippen LogP contribution in [0.3, 0.4) is 0 Å². The van der Waals surface area contributed by atoms with E-state index in [2.05, 4.69) is 0 Å². The average molecular weight is 320 g/mol. The van der Waals surface area contributed by atoms with Crippen LogP contribution in [0.5, 0.6) is 11.5 Å². The van der Waals surface area contributed by atoms with Gasteiger partial charge in [-0.15, -0.1) is 0 Å². The molecule has 2 aromatic carbocycles. The van der Waals surface area contributed by atoms with Gasteiger partial charge in [0.05, 0.1) is 19.4 Å². The molecule has 118 valence electrons. The fourth-order valence-corrected chi connectivity index (χ4v) is 3.77. The minimum absolute atomic E-state index is 0.237. The fraction of sp³-hybridized carbons (Fsp3) is 0.294. The lowest BCUT2D eigenvalue weighted by molar-refractivity contribution is 0.219. The predicted octanol–water partition coefficient (Wildman–Crippen LogP) is 5.25. The lowest BCUT2D eigenvalue weighted by Crippen LogP contribution is -1.99. The molecule has 2 aromatic rings. The smallest absolute Gasteiger partial charge is 0.335 e. The first-order valence-corrected chi connectivity index (χ1v) is 9.08. The Morgan fingerprint density at radius 3 is 2.14 bits per heavy atom. The van der Waals surface area contributed by atoms with E-state index in [1.54, 1.807) is 13.8 Å². The van der Waals surface area contributed by atoms with E-state index in [0.29, 0.717) is 19.0 Å². The first kappa shape index (κ1) is 16.8. The maximum Gasteiger partial charge on any atom is 0.335 e. The van der Waals surface area contributed by atoms with Crippen LogP contribution in [-0.4, -0.2) is 13.2 Å². The number of para-hydroxylation sites is 1. The quantitative estimate of drug-likeness (QED) is 0.624. The third-order valence-corrected chi connectivity index (χ3v) is 4.96. The Kier molecular flexibility index (Phi) is 6.20. The summed E-state index contributed by atoms with van der Waals surface area (Å²) < 4.78 is 29.0. The van der Waals surface area contributed by atoms with E-state index in [1.807, 2.05) is 54.6 Å². The van der Waals surface area contributed by atoms with Crippen molar-refractivity contribution in [3.8, 4) is 11.5 Å². The highest BCUT2D eigenvalue weighted by molar-refractivity contribution is 7.53. The first-order chi connectivity index (χ1) is 10.6. The van der Waals surface area contributed by atoms with Crippen molar-refractivity contribution in [1.29, 1.82) is 0 Å². The Hall–Kier alpha value is -1.61. The molecule has 22 heavy (non-hydrogen) atoms. The lowest BCUT2D eigenvalue weighted by atomic mass is 10.2. The van der Waals surface area contributed by atoms with Gasteiger partial charge in [0.2, 0.25) is 0 Å². The Morgan fingerprint density at radius 2 is 1.50 bits per heavy atom. The second kappa shape index (κ2) is 8.14. The van der Waals surface area contributed by atoms with E-state index in [1.165, 1.54) is 0 Å². The van der Waals surface area contributed by atoms with Gasteiger partial charge in [0.25, 0.3) is 0 Å². The lowest BCUT2D eigenvalue weighted by Gasteiger charge is -2.17. The molecule has 4 nitrogen and oxygen atoms in total. The standard InChI is InChI=1S/C17H21O4P/c1-3-19-22(18,20-4-2)14-15-9-8-12-17(13-15)21-16-10-6-5-7-11-16/h5-13H,3-4,14H2,1-2H3. The number of benzene rings is 2. The van der Waals surface area contributed by atoms with Crippen molar-refractivity contribution in [2.45, 2.75) is 20.0 Å². The normalized spacial score (nSPS) is 11.4. The molecule has 5 heteroatoms. The summed E-state index contributed by atoms with van der Waals surface area (Å²) in [6.45, 7) is 4.33. The van der Waals surface area contributed by atoms with E-state index in [0.717, 1.165) is 11.3 Å². The minimum atomic E-state index is -3.10. The zero-order valence-corrected chi connectivity index (χ0v) is 13.8. The van der Waals surface area contributed by atoms with E-state index < -0.39 is 7.60 Å². The van der Waals surface area contributed by atoms with Crippen LogP contribution in [-0.2, 0) is 19.8 Å². The van der Waals surface area contributed by atoms with Crippen molar-refractivity contribution >= 4 is 7.60 Å². The summed E-state index contributed by atoms with van der Waals surface area (Å²) in [5, 5.41) is 0. The molecule has 0 aromatic heterocycles. The van der Waals surface area contributed by atoms with Gasteiger partial charge in [-0.05, 0) is 43.7 Å². The Morgan fingerprint density at radius 1 is 0.864 bits per heavy atom. The van der Waals surface area contributed by atoms with Gasteiger partial charge < -0.3 is 13.8 Å². The van der Waals surface area contributed by atoms with Crippen molar-refractivity contribution in [2.24, 2.45) is 0 Å². The number of hydrogen-bond acceptors (Lipinski definition) is 4. The summed E-state index contributed by atoms with van der Waals surface area (Å²) >= 11 is 0. The zero-order chi connectivity index (χ0) is 15.8. The van der Waals surface area contributed by atoms with E-state index in [-0.39, 0.29) is 6.16 Å². The Labute approximate surface area is 131 Å². The topological polar surface area (TPSA) is 44.8 Å². The van der Waals surface area contributed by atoms with Gasteiger partial charge in [0.1, 0.15) is 11.5 Å². The molecular weight excluding hydrogens is 299 g/mol. The molecule has 0 aliphatic carbocycles. The van der Waals surface area contributed by atoms with E-state index in [4.69, 9.17) is 13.8 Å². The molecule has 0 saturated heterocycles. The number of hydrogen-bond donors (Lipinski definition) is 0. The second-order valence-corrected chi connectivity index (χ2v) is 6.72. The number of ether oxygens (including phenoxy) is 1. The number of rotatable bonds is 8. The van der Waals surface area contributed by atoms with Crippen molar-refractivity contribution in [1.82, 2.24) is 0 Å². The second-order valence-electron chi connectivity index (χ2n) is 4.67. The van der Waals surface area contributed by atoms with Gasteiger partial charge in [-0.1, -0.05) is 30.3 Å². The van der Waals surface area contributed by atoms with Crippen LogP contribution < -0.4 is 4.74 Å². The molecule has 0 radical (unpaired) electrons. The summed E-state index contributed by atoms with van der Waals surface area (Å²) in [5.41, 5.74) is 0.860. The van der Waals surface area contributed by atoms with Gasteiger partial charge in [-0.3, -0.25) is 4.57 Å². The van der Waals surface area contributed by atoms with Crippen LogP contribution in [0.25, 0.3) is 0 Å². The van der Waals surface area contributed by atoms with Gasteiger partial charge in [0, 0.05) is 0 Å². The van der Waals surface area contributed by atoms with E-state index >= 15 is 0 Å². The molecule has 0 atom stereocenters. The molecule has 0 aliphatic heterocycles. The molecular formula is C17H21O4P. The molecule has 0 N–H and O–H groups in total. The van der Waals surface area contributed by atoms with Crippen LogP contribution in [0.4, 0.5) is 0 Å². The molecule has 0 unspecified atom stereocenters. The van der Waals surface area contributed by atoms with Crippen molar-refractivity contribution in [3.05, 3.63) is 60.2 Å². The molecule has 0 bridgehead atoms. The molecule has 0 heterocycles. The van der Waals surface area contributed by atoms with Gasteiger partial charge in [-0.25, -0.2) is 0 Å². The van der Waals surface area contributed by atoms with Crippen LogP contribution in [0.2, 0.25) is 0 Å². The van der Waals surface area contributed by atoms with Gasteiger partial charge in [-0.2, -0.15) is 0 Å². The fourth-order valence-electron chi connectivity index (χ4n) is 2.08. The maximum absolute atomic E-state index is 12.6. The molecule has 0 amide bonds. The third-order valence-electron chi connectivity index (χ3n) is 2.91. The molecule has 2 rings (SSSR count). The summed E-state index contributed by atoms with van der Waals surface area (Å²) in [5.74, 6) is 1.46. The highest BCUT2D eigenvalue weighted by Gasteiger charge is 2.24. The predicted molar refractivity (Wildman–Crippen MR) is 87.5 cm³/mol. The highest BCUT2D eigenvalue weighted by Crippen LogP contribution is 2.51. The van der Waals surface area contributed by atoms with Crippen LogP contribution >= 0.6 is 7.60 Å². The molecule has 0 saturated carbocycles. The van der Waals surface area contributed by atoms with Crippen LogP contribution in [0, 0.1) is 0 Å². The zero-order valence-electron chi connectivity index (χ0n) is 12.9. The van der Waals surface area contributed by atoms with Crippen molar-refractivity contribution < 1.29 is 18.3 Å². The maximum atomic E-state index is 12.6. The molecule has 0 fully saturated rings. The highest BCUT2D eigenvalue weighted by atomic mass is 31.2. The molecule has 0 spiro atoms. The first-order valence-electron chi connectivity index (χ1n) is 7.35. The summed E-state index contributed by atoms with van der Waals surface area (Å²) in [6, 6.07) is 17.0. The monoisotopic (exact) mass is 320 g/mol. The Bertz CT molecular complexity index is 618. The third kappa shape index (κ3) is 4.99. The SMILES string of the molecule is CCOP(=O)(Cc1cccc(Oc2ccccc2)c1)OCC. The van der Waals surface area contributed by atoms with Crippen molar-refractivity contribution in [3.63, 3.8) is 0 Å². The van der Waals surface area contributed by atoms with Gasteiger partial charge in [0.15, 0.2) is 0 Å². The summed E-state index contributed by atoms with van der Waals surface area (Å²) in [7, 11) is -3.10. The average Bonchev–Trinajstić information content (AvgIpc) is 2.49. The largest absolute Gasteiger partial charge is 0.457 e. The minimum Gasteiger partial charge on any atom is -0.457 e. The van der Waals surface area contributed by atoms with E-state index in [9.17, 15) is 4.57 Å². The van der Waals surface area contributed by atoms with Gasteiger partial charge >= 0.3 is 7.60 Å².